The highest BCUT2D eigenvalue weighted by molar-refractivity contribution is 7.89. The van der Waals surface area contributed by atoms with E-state index in [0.29, 0.717) is 11.5 Å². The number of ether oxygens (including phenoxy) is 3. The van der Waals surface area contributed by atoms with Crippen LogP contribution >= 0.6 is 0 Å². The van der Waals surface area contributed by atoms with Gasteiger partial charge in [0.15, 0.2) is 6.61 Å². The molecule has 0 atom stereocenters. The highest BCUT2D eigenvalue weighted by atomic mass is 32.2. The highest BCUT2D eigenvalue weighted by Crippen LogP contribution is 2.24. The molecule has 0 heterocycles. The summed E-state index contributed by atoms with van der Waals surface area (Å²) >= 11 is 0. The predicted molar refractivity (Wildman–Crippen MR) is 121 cm³/mol. The Morgan fingerprint density at radius 1 is 0.879 bits per heavy atom. The van der Waals surface area contributed by atoms with Crippen molar-refractivity contribution in [1.29, 1.82) is 0 Å². The summed E-state index contributed by atoms with van der Waals surface area (Å²) in [6.45, 7) is -0.444. The van der Waals surface area contributed by atoms with Gasteiger partial charge in [0.2, 0.25) is 15.8 Å². The Bertz CT molecular complexity index is 1240. The van der Waals surface area contributed by atoms with Gasteiger partial charge in [0.05, 0.1) is 30.2 Å². The van der Waals surface area contributed by atoms with Gasteiger partial charge in [0.1, 0.15) is 11.5 Å². The fourth-order valence-corrected chi connectivity index (χ4v) is 4.04. The van der Waals surface area contributed by atoms with Gasteiger partial charge < -0.3 is 14.2 Å². The van der Waals surface area contributed by atoms with E-state index >= 15 is 0 Å². The molecule has 1 N–H and O–H groups in total. The van der Waals surface area contributed by atoms with Crippen LogP contribution in [0.25, 0.3) is 0 Å². The number of hydrogen-bond acceptors (Lipinski definition) is 7. The number of rotatable bonds is 10. The number of esters is 1. The summed E-state index contributed by atoms with van der Waals surface area (Å²) in [5.41, 5.74) is 0.997. The van der Waals surface area contributed by atoms with E-state index in [1.54, 1.807) is 24.3 Å². The van der Waals surface area contributed by atoms with Crippen molar-refractivity contribution >= 4 is 21.8 Å². The maximum Gasteiger partial charge on any atom is 0.338 e. The largest absolute Gasteiger partial charge is 0.497 e. The molecule has 0 unspecified atom stereocenters. The van der Waals surface area contributed by atoms with Gasteiger partial charge >= 0.3 is 5.97 Å². The minimum absolute atomic E-state index is 0.00277. The zero-order chi connectivity index (χ0) is 23.8. The highest BCUT2D eigenvalue weighted by Gasteiger charge is 2.19. The number of sulfonamides is 1. The first-order chi connectivity index (χ1) is 15.8. The summed E-state index contributed by atoms with van der Waals surface area (Å²) in [4.78, 5) is 24.9. The lowest BCUT2D eigenvalue weighted by Crippen LogP contribution is -2.23. The molecule has 33 heavy (non-hydrogen) atoms. The van der Waals surface area contributed by atoms with Crippen LogP contribution in [0.3, 0.4) is 0 Å². The number of nitrogens with one attached hydrogen (secondary N) is 1. The molecule has 3 rings (SSSR count). The van der Waals surface area contributed by atoms with E-state index in [9.17, 15) is 18.0 Å². The molecule has 0 aliphatic heterocycles. The predicted octanol–water partition coefficient (Wildman–Crippen LogP) is 3.22. The summed E-state index contributed by atoms with van der Waals surface area (Å²) < 4.78 is 43.1. The van der Waals surface area contributed by atoms with Crippen LogP contribution in [0.4, 0.5) is 0 Å². The number of benzene rings is 3. The van der Waals surface area contributed by atoms with Gasteiger partial charge in [-0.1, -0.05) is 36.4 Å². The molecule has 3 aromatic rings. The van der Waals surface area contributed by atoms with Crippen molar-refractivity contribution in [3.63, 3.8) is 0 Å². The van der Waals surface area contributed by atoms with Crippen LogP contribution in [0, 0.1) is 0 Å². The SMILES string of the molecule is COc1ccc(OC)c(C(=O)COC(=O)c2cccc(S(=O)(=O)NCc3ccccc3)c2)c1. The minimum atomic E-state index is -3.86. The second kappa shape index (κ2) is 10.8. The van der Waals surface area contributed by atoms with Crippen LogP contribution in [0.2, 0.25) is 0 Å². The lowest BCUT2D eigenvalue weighted by molar-refractivity contribution is 0.0473. The third kappa shape index (κ3) is 6.18. The molecular weight excluding hydrogens is 446 g/mol. The standard InChI is InChI=1S/C24H23NO7S/c1-30-19-11-12-23(31-2)21(14-19)22(26)16-32-24(27)18-9-6-10-20(13-18)33(28,29)25-15-17-7-4-3-5-8-17/h3-14,25H,15-16H2,1-2H3. The first-order valence-electron chi connectivity index (χ1n) is 9.90. The van der Waals surface area contributed by atoms with Crippen LogP contribution in [0.5, 0.6) is 11.5 Å². The Morgan fingerprint density at radius 2 is 1.64 bits per heavy atom. The molecule has 0 amide bonds. The van der Waals surface area contributed by atoms with Gasteiger partial charge in [-0.2, -0.15) is 0 Å². The molecule has 8 nitrogen and oxygen atoms in total. The molecule has 0 spiro atoms. The van der Waals surface area contributed by atoms with Crippen LogP contribution in [0.1, 0.15) is 26.3 Å². The topological polar surface area (TPSA) is 108 Å². The quantitative estimate of drug-likeness (QED) is 0.359. The van der Waals surface area contributed by atoms with E-state index in [4.69, 9.17) is 14.2 Å². The molecule has 0 radical (unpaired) electrons. The number of carbonyl (C=O) groups excluding carboxylic acids is 2. The van der Waals surface area contributed by atoms with Gasteiger partial charge in [0.25, 0.3) is 0 Å². The van der Waals surface area contributed by atoms with Crippen molar-refractivity contribution in [3.05, 3.63) is 89.5 Å². The summed E-state index contributed by atoms with van der Waals surface area (Å²) in [5.74, 6) is -0.557. The van der Waals surface area contributed by atoms with Crippen molar-refractivity contribution in [2.24, 2.45) is 0 Å². The first kappa shape index (κ1) is 24.0. The molecule has 0 aromatic heterocycles. The maximum atomic E-state index is 12.6. The third-order valence-electron chi connectivity index (χ3n) is 4.73. The minimum Gasteiger partial charge on any atom is -0.497 e. The normalized spacial score (nSPS) is 11.0. The fraction of sp³-hybridized carbons (Fsp3) is 0.167. The maximum absolute atomic E-state index is 12.6. The summed E-state index contributed by atoms with van der Waals surface area (Å²) in [7, 11) is -0.977. The molecular formula is C24H23NO7S. The van der Waals surface area contributed by atoms with E-state index in [-0.39, 0.29) is 22.6 Å². The molecule has 0 aliphatic rings. The molecule has 0 saturated carbocycles. The lowest BCUT2D eigenvalue weighted by Gasteiger charge is -2.11. The first-order valence-corrected chi connectivity index (χ1v) is 11.4. The van der Waals surface area contributed by atoms with Gasteiger partial charge in [-0.25, -0.2) is 17.9 Å². The van der Waals surface area contributed by atoms with Crippen molar-refractivity contribution < 1.29 is 32.2 Å². The van der Waals surface area contributed by atoms with Crippen LogP contribution in [-0.4, -0.2) is 41.0 Å². The molecule has 3 aromatic carbocycles. The van der Waals surface area contributed by atoms with Crippen LogP contribution < -0.4 is 14.2 Å². The monoisotopic (exact) mass is 469 g/mol. The molecule has 0 aliphatic carbocycles. The second-order valence-corrected chi connectivity index (χ2v) is 8.67. The average Bonchev–Trinajstić information content (AvgIpc) is 2.86. The van der Waals surface area contributed by atoms with Gasteiger partial charge in [0, 0.05) is 6.54 Å². The van der Waals surface area contributed by atoms with E-state index in [1.165, 1.54) is 44.6 Å². The zero-order valence-corrected chi connectivity index (χ0v) is 18.9. The summed E-state index contributed by atoms with van der Waals surface area (Å²) in [6.07, 6.45) is 0. The van der Waals surface area contributed by atoms with E-state index < -0.39 is 28.4 Å². The fourth-order valence-electron chi connectivity index (χ4n) is 2.97. The molecule has 0 fully saturated rings. The molecule has 0 bridgehead atoms. The molecule has 0 saturated heterocycles. The van der Waals surface area contributed by atoms with E-state index in [0.717, 1.165) is 5.56 Å². The van der Waals surface area contributed by atoms with Gasteiger partial charge in [-0.15, -0.1) is 0 Å². The van der Waals surface area contributed by atoms with E-state index in [1.807, 2.05) is 18.2 Å². The Morgan fingerprint density at radius 3 is 2.33 bits per heavy atom. The lowest BCUT2D eigenvalue weighted by atomic mass is 10.1. The van der Waals surface area contributed by atoms with E-state index in [2.05, 4.69) is 4.72 Å². The summed E-state index contributed by atoms with van der Waals surface area (Å²) in [5, 5.41) is 0. The number of ketones is 1. The van der Waals surface area contributed by atoms with Crippen LogP contribution in [0.15, 0.2) is 77.7 Å². The number of carbonyl (C=O) groups is 2. The molecule has 172 valence electrons. The Balaban J connectivity index is 1.68. The smallest absolute Gasteiger partial charge is 0.338 e. The Hall–Kier alpha value is -3.69. The number of hydrogen-bond donors (Lipinski definition) is 1. The third-order valence-corrected chi connectivity index (χ3v) is 6.13. The van der Waals surface area contributed by atoms with Crippen molar-refractivity contribution in [1.82, 2.24) is 4.72 Å². The summed E-state index contributed by atoms with van der Waals surface area (Å²) in [6, 6.07) is 19.2. The number of methoxy groups -OCH3 is 2. The van der Waals surface area contributed by atoms with Crippen LogP contribution in [-0.2, 0) is 21.3 Å². The molecule has 9 heteroatoms. The van der Waals surface area contributed by atoms with Crippen molar-refractivity contribution in [2.45, 2.75) is 11.4 Å². The van der Waals surface area contributed by atoms with Gasteiger partial charge in [-0.05, 0) is 42.0 Å². The zero-order valence-electron chi connectivity index (χ0n) is 18.1. The van der Waals surface area contributed by atoms with Crippen molar-refractivity contribution in [2.75, 3.05) is 20.8 Å². The van der Waals surface area contributed by atoms with Crippen molar-refractivity contribution in [3.8, 4) is 11.5 Å². The van der Waals surface area contributed by atoms with Gasteiger partial charge in [-0.3, -0.25) is 4.79 Å². The Labute approximate surface area is 192 Å². The second-order valence-electron chi connectivity index (χ2n) is 6.90. The number of Topliss-reactive ketones (excluding diaryl/α,β-unsaturated/α-hetero) is 1. The average molecular weight is 470 g/mol. The Kier molecular flexibility index (Phi) is 7.81.